The van der Waals surface area contributed by atoms with Crippen LogP contribution in [0.3, 0.4) is 0 Å². The highest BCUT2D eigenvalue weighted by atomic mass is 16.4. The molecule has 0 amide bonds. The van der Waals surface area contributed by atoms with Gasteiger partial charge >= 0.3 is 5.97 Å². The Morgan fingerprint density at radius 1 is 1.17 bits per heavy atom. The number of aromatic nitrogens is 1. The Bertz CT molecular complexity index is 1020. The second kappa shape index (κ2) is 6.05. The van der Waals surface area contributed by atoms with Gasteiger partial charge in [-0.05, 0) is 71.3 Å². The summed E-state index contributed by atoms with van der Waals surface area (Å²) in [6.45, 7) is 3.90. The van der Waals surface area contributed by atoms with Crippen LogP contribution in [0, 0.1) is 25.2 Å². The molecule has 1 aromatic heterocycles. The van der Waals surface area contributed by atoms with E-state index in [1.165, 1.54) is 6.08 Å². The van der Waals surface area contributed by atoms with Gasteiger partial charge in [0.15, 0.2) is 0 Å². The molecule has 0 fully saturated rings. The van der Waals surface area contributed by atoms with E-state index in [2.05, 4.69) is 17.1 Å². The number of nitrogens with zero attached hydrogens (tertiary/aromatic N) is 1. The van der Waals surface area contributed by atoms with Gasteiger partial charge in [0.25, 0.3) is 0 Å². The van der Waals surface area contributed by atoms with Gasteiger partial charge in [-0.3, -0.25) is 0 Å². The number of aromatic amines is 1. The van der Waals surface area contributed by atoms with Gasteiger partial charge in [0.05, 0.1) is 0 Å². The molecular weight excluding hydrogens is 300 g/mol. The Balaban J connectivity index is 2.10. The SMILES string of the molecule is Cc1cc(-c2ccc3[nH]ccc3c2)c(C)cc1/C=C(\C#N)C(=O)O. The molecule has 2 aromatic carbocycles. The fourth-order valence-corrected chi connectivity index (χ4v) is 2.82. The number of rotatable bonds is 3. The van der Waals surface area contributed by atoms with Gasteiger partial charge in [0, 0.05) is 11.7 Å². The van der Waals surface area contributed by atoms with E-state index < -0.39 is 5.97 Å². The first-order chi connectivity index (χ1) is 11.5. The van der Waals surface area contributed by atoms with Crippen LogP contribution in [0.25, 0.3) is 28.1 Å². The number of aryl methyl sites for hydroxylation is 2. The van der Waals surface area contributed by atoms with E-state index in [9.17, 15) is 4.79 Å². The van der Waals surface area contributed by atoms with Gasteiger partial charge < -0.3 is 10.1 Å². The summed E-state index contributed by atoms with van der Waals surface area (Å²) in [5.41, 5.74) is 5.74. The number of benzene rings is 2. The summed E-state index contributed by atoms with van der Waals surface area (Å²) in [7, 11) is 0. The lowest BCUT2D eigenvalue weighted by atomic mass is 9.93. The monoisotopic (exact) mass is 316 g/mol. The molecule has 1 heterocycles. The van der Waals surface area contributed by atoms with Crippen molar-refractivity contribution in [3.63, 3.8) is 0 Å². The molecule has 0 aliphatic carbocycles. The van der Waals surface area contributed by atoms with Gasteiger partial charge in [-0.1, -0.05) is 18.2 Å². The van der Waals surface area contributed by atoms with E-state index in [-0.39, 0.29) is 5.57 Å². The number of hydrogen-bond acceptors (Lipinski definition) is 2. The molecule has 4 nitrogen and oxygen atoms in total. The van der Waals surface area contributed by atoms with Crippen molar-refractivity contribution in [1.29, 1.82) is 5.26 Å². The van der Waals surface area contributed by atoms with Crippen molar-refractivity contribution in [3.05, 3.63) is 64.9 Å². The minimum Gasteiger partial charge on any atom is -0.477 e. The molecule has 3 rings (SSSR count). The smallest absolute Gasteiger partial charge is 0.346 e. The molecule has 2 N–H and O–H groups in total. The van der Waals surface area contributed by atoms with Crippen LogP contribution in [0.1, 0.15) is 16.7 Å². The van der Waals surface area contributed by atoms with Crippen molar-refractivity contribution < 1.29 is 9.90 Å². The molecule has 0 saturated carbocycles. The number of carbonyl (C=O) groups is 1. The van der Waals surface area contributed by atoms with Crippen molar-refractivity contribution in [2.45, 2.75) is 13.8 Å². The zero-order chi connectivity index (χ0) is 17.3. The van der Waals surface area contributed by atoms with Crippen LogP contribution in [-0.4, -0.2) is 16.1 Å². The summed E-state index contributed by atoms with van der Waals surface area (Å²) in [6.07, 6.45) is 3.33. The maximum atomic E-state index is 11.0. The van der Waals surface area contributed by atoms with E-state index in [1.54, 1.807) is 6.07 Å². The molecule has 0 radical (unpaired) electrons. The van der Waals surface area contributed by atoms with Crippen molar-refractivity contribution in [1.82, 2.24) is 4.98 Å². The lowest BCUT2D eigenvalue weighted by molar-refractivity contribution is -0.132. The first-order valence-electron chi connectivity index (χ1n) is 7.53. The van der Waals surface area contributed by atoms with Crippen LogP contribution in [0.4, 0.5) is 0 Å². The molecule has 0 spiro atoms. The topological polar surface area (TPSA) is 76.9 Å². The Kier molecular flexibility index (Phi) is 3.93. The molecule has 0 aliphatic rings. The quantitative estimate of drug-likeness (QED) is 0.554. The average Bonchev–Trinajstić information content (AvgIpc) is 3.02. The number of nitrogens with one attached hydrogen (secondary N) is 1. The van der Waals surface area contributed by atoms with Crippen LogP contribution in [0.2, 0.25) is 0 Å². The second-order valence-corrected chi connectivity index (χ2v) is 5.78. The van der Waals surface area contributed by atoms with E-state index in [1.807, 2.05) is 44.3 Å². The number of nitriles is 1. The lowest BCUT2D eigenvalue weighted by Crippen LogP contribution is -1.98. The van der Waals surface area contributed by atoms with Crippen molar-refractivity contribution in [2.24, 2.45) is 0 Å². The van der Waals surface area contributed by atoms with E-state index in [0.29, 0.717) is 0 Å². The number of carboxylic acids is 1. The highest BCUT2D eigenvalue weighted by molar-refractivity contribution is 5.97. The summed E-state index contributed by atoms with van der Waals surface area (Å²) >= 11 is 0. The van der Waals surface area contributed by atoms with Crippen LogP contribution in [0.5, 0.6) is 0 Å². The Labute approximate surface area is 139 Å². The average molecular weight is 316 g/mol. The zero-order valence-electron chi connectivity index (χ0n) is 13.4. The molecule has 0 unspecified atom stereocenters. The first-order valence-corrected chi connectivity index (χ1v) is 7.53. The molecular formula is C20H16N2O2. The number of carboxylic acid groups (broad SMARTS) is 1. The summed E-state index contributed by atoms with van der Waals surface area (Å²) in [5.74, 6) is -1.21. The highest BCUT2D eigenvalue weighted by Crippen LogP contribution is 2.29. The molecule has 4 heteroatoms. The third-order valence-corrected chi connectivity index (χ3v) is 4.13. The Morgan fingerprint density at radius 2 is 1.96 bits per heavy atom. The maximum absolute atomic E-state index is 11.0. The molecule has 24 heavy (non-hydrogen) atoms. The molecule has 0 saturated heterocycles. The number of hydrogen-bond donors (Lipinski definition) is 2. The van der Waals surface area contributed by atoms with Gasteiger partial charge in [-0.2, -0.15) is 5.26 Å². The molecule has 0 aliphatic heterocycles. The fourth-order valence-electron chi connectivity index (χ4n) is 2.82. The van der Waals surface area contributed by atoms with Crippen molar-refractivity contribution in [2.75, 3.05) is 0 Å². The highest BCUT2D eigenvalue weighted by Gasteiger charge is 2.10. The van der Waals surface area contributed by atoms with Gasteiger partial charge in [0.1, 0.15) is 11.6 Å². The zero-order valence-corrected chi connectivity index (χ0v) is 13.4. The predicted molar refractivity (Wildman–Crippen MR) is 94.4 cm³/mol. The van der Waals surface area contributed by atoms with Crippen molar-refractivity contribution in [3.8, 4) is 17.2 Å². The maximum Gasteiger partial charge on any atom is 0.346 e. The number of fused-ring (bicyclic) bond motifs is 1. The minimum absolute atomic E-state index is 0.265. The largest absolute Gasteiger partial charge is 0.477 e. The summed E-state index contributed by atoms with van der Waals surface area (Å²) in [4.78, 5) is 14.2. The number of aliphatic carboxylic acids is 1. The first kappa shape index (κ1) is 15.6. The van der Waals surface area contributed by atoms with Crippen molar-refractivity contribution >= 4 is 22.9 Å². The van der Waals surface area contributed by atoms with E-state index in [0.717, 1.165) is 38.7 Å². The normalized spacial score (nSPS) is 11.5. The predicted octanol–water partition coefficient (Wildman–Crippen LogP) is 4.44. The molecule has 0 atom stereocenters. The Hall–Kier alpha value is -3.32. The summed E-state index contributed by atoms with van der Waals surface area (Å²) in [6, 6.07) is 13.9. The second-order valence-electron chi connectivity index (χ2n) is 5.78. The van der Waals surface area contributed by atoms with Crippen LogP contribution < -0.4 is 0 Å². The van der Waals surface area contributed by atoms with Gasteiger partial charge in [-0.15, -0.1) is 0 Å². The lowest BCUT2D eigenvalue weighted by Gasteiger charge is -2.11. The third-order valence-electron chi connectivity index (χ3n) is 4.13. The molecule has 118 valence electrons. The Morgan fingerprint density at radius 3 is 2.67 bits per heavy atom. The van der Waals surface area contributed by atoms with Crippen LogP contribution >= 0.6 is 0 Å². The molecule has 0 bridgehead atoms. The molecule has 3 aromatic rings. The standard InChI is InChI=1S/C20H16N2O2/c1-12-8-18(14-3-4-19-15(9-14)5-6-22-19)13(2)7-16(12)10-17(11-21)20(23)24/h3-10,22H,1-2H3,(H,23,24)/b17-10+. The van der Waals surface area contributed by atoms with E-state index >= 15 is 0 Å². The van der Waals surface area contributed by atoms with E-state index in [4.69, 9.17) is 10.4 Å². The summed E-state index contributed by atoms with van der Waals surface area (Å²) < 4.78 is 0. The minimum atomic E-state index is -1.21. The fraction of sp³-hybridized carbons (Fsp3) is 0.100. The van der Waals surface area contributed by atoms with Gasteiger partial charge in [-0.25, -0.2) is 4.79 Å². The van der Waals surface area contributed by atoms with Crippen LogP contribution in [0.15, 0.2) is 48.2 Å². The van der Waals surface area contributed by atoms with Crippen LogP contribution in [-0.2, 0) is 4.79 Å². The third kappa shape index (κ3) is 2.80. The number of H-pyrrole nitrogens is 1. The summed E-state index contributed by atoms with van der Waals surface area (Å²) in [5, 5.41) is 19.1. The van der Waals surface area contributed by atoms with Gasteiger partial charge in [0.2, 0.25) is 0 Å².